The van der Waals surface area contributed by atoms with Crippen LogP contribution in [0.2, 0.25) is 10.0 Å². The van der Waals surface area contributed by atoms with Gasteiger partial charge in [-0.2, -0.15) is 0 Å². The molecule has 774 valence electrons. The second-order valence-electron chi connectivity index (χ2n) is 35.8. The predicted molar refractivity (Wildman–Crippen MR) is 504 cm³/mol. The third kappa shape index (κ3) is 27.1. The van der Waals surface area contributed by atoms with Gasteiger partial charge in [0.2, 0.25) is 71.5 Å². The number of unbranched alkanes of at least 4 members (excludes halogenated alkanes) is 3. The maximum Gasteiger partial charge on any atom is 0.248 e. The van der Waals surface area contributed by atoms with E-state index in [0.29, 0.717) is 51.4 Å². The maximum atomic E-state index is 16.9. The lowest BCUT2D eigenvalue weighted by Crippen LogP contribution is -2.65. The largest absolute Gasteiger partial charge is 0.508 e. The molecule has 45 nitrogen and oxygen atoms in total. The van der Waals surface area contributed by atoms with Crippen LogP contribution < -0.4 is 93.6 Å². The lowest BCUT2D eigenvalue weighted by atomic mass is 9.95. The molecule has 0 saturated carbocycles. The number of hydrogen-bond donors (Lipinski definition) is 27. The predicted octanol–water partition coefficient (Wildman–Crippen LogP) is -0.0112. The highest BCUT2D eigenvalue weighted by molar-refractivity contribution is 6.32. The molecule has 9 amide bonds. The molecule has 15 rings (SSSR count). The highest BCUT2D eigenvalue weighted by atomic mass is 35.5. The molecule has 13 bridgehead atoms. The van der Waals surface area contributed by atoms with Gasteiger partial charge in [0.05, 0.1) is 29.9 Å². The lowest BCUT2D eigenvalue weighted by Gasteiger charge is -2.44. The molecule has 8 aliphatic heterocycles. The number of ether oxygens (including phenoxy) is 9. The quantitative estimate of drug-likeness (QED) is 0.0241. The van der Waals surface area contributed by atoms with Crippen LogP contribution in [0.5, 0.6) is 69.0 Å². The van der Waals surface area contributed by atoms with E-state index in [2.05, 4.69) is 72.3 Å². The van der Waals surface area contributed by atoms with E-state index in [9.17, 15) is 85.9 Å². The second kappa shape index (κ2) is 49.4. The van der Waals surface area contributed by atoms with E-state index in [1.54, 1.807) is 0 Å². The minimum absolute atomic E-state index is 0.0407. The van der Waals surface area contributed by atoms with Crippen molar-refractivity contribution in [1.29, 1.82) is 0 Å². The molecule has 47 heteroatoms. The molecule has 0 spiro atoms. The third-order valence-electron chi connectivity index (χ3n) is 24.7. The minimum Gasteiger partial charge on any atom is -0.508 e. The van der Waals surface area contributed by atoms with E-state index in [1.165, 1.54) is 30.3 Å². The summed E-state index contributed by atoms with van der Waals surface area (Å²) < 4.78 is 57.7. The number of benzene rings is 7. The first kappa shape index (κ1) is 108. The topological polar surface area (TPSA) is 704 Å². The zero-order valence-electron chi connectivity index (χ0n) is 77.7. The van der Waals surface area contributed by atoms with Crippen LogP contribution in [0.3, 0.4) is 0 Å². The fraction of sp³-hybridized carbons (Fsp3) is 0.469. The molecule has 3 fully saturated rings. The van der Waals surface area contributed by atoms with E-state index in [-0.39, 0.29) is 76.0 Å². The summed E-state index contributed by atoms with van der Waals surface area (Å²) in [5.74, 6) is -16.7. The molecule has 29 N–H and O–H groups in total. The number of amides is 9. The summed E-state index contributed by atoms with van der Waals surface area (Å²) in [6.45, 7) is 4.34. The molecule has 7 aromatic rings. The number of aromatic hydroxyl groups is 4. The first-order chi connectivity index (χ1) is 68.4. The van der Waals surface area contributed by atoms with Crippen LogP contribution in [0.25, 0.3) is 0 Å². The van der Waals surface area contributed by atoms with Crippen molar-refractivity contribution in [2.45, 2.75) is 219 Å². The standard InChI is InChI=1S/C96H119Cl2N13O32/c1-43(2)10-6-4-5-7-11-69(120)106-76-82(125)79(122)67(41-113)140-95(76)143-86-64-36-51-37-65(86)138-62-21-16-48(34-58(62)98)85(142-94-75(104-44(3)115)81(124)78(121)66(40-112)139-94)77(93(134)109-72(89(130)103-25-9-24-102-27-26-101-23-8-22-99)49-30-54(118)39-56(33-49)136-96-84(127)83(126)80(123)68(42-114)141-96)111-90(131)71(46-13-17-52(116)18-14-46)108-92(133)74(51)110-91(132)73-50-31-53(117)38-55(32-50)135-63-35-47(15-19-60(63)119)70(100)88(129)105-59(87(128)107-73)29-45-12-20-61(137-64)57(97)28-45/h12-21,28,30-39,43,59,66-68,70-85,94-96,101-102,112-114,116-119,121-127H,4-11,22-27,29,40-42,99-100H2,1-3H3,(H,103,130)(H,104,115)(H,105,129)(H,106,120)(H,107,128)(H,108,133)(H,109,134)(H,110,132)(H,111,131). The number of carbonyl (C=O) groups is 9. The number of aliphatic hydroxyl groups is 10. The van der Waals surface area contributed by atoms with Crippen molar-refractivity contribution < 1.29 is 157 Å². The molecule has 3 saturated heterocycles. The normalized spacial score (nSPS) is 26.9. The zero-order chi connectivity index (χ0) is 103. The summed E-state index contributed by atoms with van der Waals surface area (Å²) >= 11 is 14.9. The Bertz CT molecular complexity index is 5660. The Hall–Kier alpha value is -12.2. The zero-order valence-corrected chi connectivity index (χ0v) is 79.2. The van der Waals surface area contributed by atoms with E-state index in [1.807, 2.05) is 0 Å². The number of aliphatic hydroxyl groups excluding tert-OH is 10. The van der Waals surface area contributed by atoms with Crippen LogP contribution in [-0.2, 0) is 68.5 Å². The first-order valence-electron chi connectivity index (χ1n) is 46.6. The van der Waals surface area contributed by atoms with E-state index in [0.717, 1.165) is 123 Å². The van der Waals surface area contributed by atoms with Gasteiger partial charge in [-0.05, 0) is 169 Å². The van der Waals surface area contributed by atoms with Gasteiger partial charge in [-0.1, -0.05) is 93.1 Å². The molecule has 0 aliphatic carbocycles. The summed E-state index contributed by atoms with van der Waals surface area (Å²) in [6, 6.07) is 4.86. The Morgan fingerprint density at radius 1 is 0.490 bits per heavy atom. The van der Waals surface area contributed by atoms with Gasteiger partial charge >= 0.3 is 0 Å². The van der Waals surface area contributed by atoms with Crippen molar-refractivity contribution in [3.8, 4) is 69.0 Å². The fourth-order valence-corrected chi connectivity index (χ4v) is 17.5. The van der Waals surface area contributed by atoms with Crippen molar-refractivity contribution in [3.63, 3.8) is 0 Å². The average Bonchev–Trinajstić information content (AvgIpc) is 0.765. The third-order valence-corrected chi connectivity index (χ3v) is 25.3. The number of nitrogens with one attached hydrogen (secondary N) is 11. The van der Waals surface area contributed by atoms with Gasteiger partial charge in [0.15, 0.2) is 29.3 Å². The van der Waals surface area contributed by atoms with Crippen LogP contribution in [0.1, 0.15) is 147 Å². The monoisotopic (exact) mass is 2040 g/mol. The fourth-order valence-electron chi connectivity index (χ4n) is 17.0. The SMILES string of the molecule is CC(=O)NC1C(OC2c3ccc(c(Cl)c3)Oc3cc4cc(c3OC3OC(CO)C(O)C(O)C3NC(=O)CCCCCCC(C)C)Oc3ccc(cc3Cl)CC3NC(=O)C(N)c5ccc(O)c(c5)Oc5cc(O)cc(c5)C(NC3=O)C(=O)NC4C(=O)NC(c3ccc(O)cc3)C(=O)NC2C(=O)NC(C(=O)NCCCNCCNCCCN)c2cc(O)cc(OC3OC(CO)C(O)C(O)C3O)c2)OC(CO)C(O)C1O. The number of hydrogen-bond acceptors (Lipinski definition) is 36. The van der Waals surface area contributed by atoms with Crippen molar-refractivity contribution in [2.24, 2.45) is 17.4 Å². The lowest BCUT2D eigenvalue weighted by molar-refractivity contribution is -0.284. The maximum absolute atomic E-state index is 16.9. The summed E-state index contributed by atoms with van der Waals surface area (Å²) in [5, 5.41) is 187. The number of phenolic OH excluding ortho intramolecular Hbond substituents is 4. The Labute approximate surface area is 828 Å². The molecule has 8 aliphatic rings. The minimum atomic E-state index is -2.55. The molecule has 0 aromatic heterocycles. The molecule has 143 heavy (non-hydrogen) atoms. The summed E-state index contributed by atoms with van der Waals surface area (Å²) in [7, 11) is 0. The van der Waals surface area contributed by atoms with Gasteiger partial charge in [0.25, 0.3) is 0 Å². The molecule has 7 aromatic carbocycles. The van der Waals surface area contributed by atoms with Crippen LogP contribution in [0.4, 0.5) is 0 Å². The van der Waals surface area contributed by atoms with Crippen LogP contribution in [0, 0.1) is 5.92 Å². The van der Waals surface area contributed by atoms with Gasteiger partial charge in [-0.3, -0.25) is 43.2 Å². The van der Waals surface area contributed by atoms with Crippen LogP contribution >= 0.6 is 23.2 Å². The highest BCUT2D eigenvalue weighted by Gasteiger charge is 2.52. The van der Waals surface area contributed by atoms with Gasteiger partial charge in [0, 0.05) is 51.5 Å². The Kier molecular flexibility index (Phi) is 37.4. The number of phenols is 4. The molecule has 8 heterocycles. The summed E-state index contributed by atoms with van der Waals surface area (Å²) in [5.41, 5.74) is 10.6. The number of halogens is 2. The smallest absolute Gasteiger partial charge is 0.248 e. The van der Waals surface area contributed by atoms with E-state index >= 15 is 28.8 Å². The highest BCUT2D eigenvalue weighted by Crippen LogP contribution is 2.50. The summed E-state index contributed by atoms with van der Waals surface area (Å²) in [4.78, 5) is 140. The molecule has 23 unspecified atom stereocenters. The average molecular weight is 2040 g/mol. The number of carbonyl (C=O) groups excluding carboxylic acids is 9. The number of fused-ring (bicyclic) bond motifs is 15. The van der Waals surface area contributed by atoms with Crippen molar-refractivity contribution in [1.82, 2.24) is 58.5 Å². The second-order valence-corrected chi connectivity index (χ2v) is 36.6. The summed E-state index contributed by atoms with van der Waals surface area (Å²) in [6.07, 6.45) is -23.9. The molecule has 0 radical (unpaired) electrons. The molecular weight excluding hydrogens is 1920 g/mol. The molecular formula is C96H119Cl2N13O32. The number of nitrogens with two attached hydrogens (primary N) is 2. The van der Waals surface area contributed by atoms with E-state index in [4.69, 9.17) is 77.3 Å². The van der Waals surface area contributed by atoms with Crippen molar-refractivity contribution >= 4 is 76.4 Å². The van der Waals surface area contributed by atoms with E-state index < -0.39 is 288 Å². The Balaban J connectivity index is 1.03. The number of rotatable bonds is 33. The molecule has 23 atom stereocenters. The van der Waals surface area contributed by atoms with Gasteiger partial charge in [-0.15, -0.1) is 0 Å². The van der Waals surface area contributed by atoms with Gasteiger partial charge in [0.1, 0.15) is 162 Å². The Morgan fingerprint density at radius 3 is 1.68 bits per heavy atom. The van der Waals surface area contributed by atoms with Crippen LogP contribution in [-0.4, -0.2) is 288 Å². The van der Waals surface area contributed by atoms with Crippen molar-refractivity contribution in [2.75, 3.05) is 59.1 Å². The van der Waals surface area contributed by atoms with Gasteiger partial charge < -0.3 is 184 Å². The van der Waals surface area contributed by atoms with Gasteiger partial charge in [-0.25, -0.2) is 0 Å². The van der Waals surface area contributed by atoms with Crippen molar-refractivity contribution in [3.05, 3.63) is 176 Å². The first-order valence-corrected chi connectivity index (χ1v) is 47.3. The Morgan fingerprint density at radius 2 is 1.05 bits per heavy atom. The van der Waals surface area contributed by atoms with Crippen LogP contribution in [0.15, 0.2) is 127 Å².